The van der Waals surface area contributed by atoms with Crippen LogP contribution < -0.4 is 10.9 Å². The Bertz CT molecular complexity index is 1030. The second-order valence-electron chi connectivity index (χ2n) is 7.44. The maximum atomic E-state index is 14.0. The molecule has 2 aromatic rings. The van der Waals surface area contributed by atoms with Crippen LogP contribution in [0.15, 0.2) is 45.5 Å². The van der Waals surface area contributed by atoms with Crippen LogP contribution in [-0.4, -0.2) is 27.8 Å². The first-order valence-corrected chi connectivity index (χ1v) is 11.0. The minimum Gasteiger partial charge on any atom is -0.460 e. The third-order valence-electron chi connectivity index (χ3n) is 4.70. The van der Waals surface area contributed by atoms with E-state index in [9.17, 15) is 14.0 Å². The van der Waals surface area contributed by atoms with Crippen molar-refractivity contribution in [2.45, 2.75) is 57.7 Å². The lowest BCUT2D eigenvalue weighted by atomic mass is 9.82. The molecule has 0 radical (unpaired) electrons. The van der Waals surface area contributed by atoms with Gasteiger partial charge < -0.3 is 15.0 Å². The highest BCUT2D eigenvalue weighted by Crippen LogP contribution is 2.40. The summed E-state index contributed by atoms with van der Waals surface area (Å²) in [7, 11) is 0. The van der Waals surface area contributed by atoms with Crippen LogP contribution in [0.1, 0.15) is 57.6 Å². The van der Waals surface area contributed by atoms with Crippen LogP contribution in [0.4, 0.5) is 10.2 Å². The summed E-state index contributed by atoms with van der Waals surface area (Å²) < 4.78 is 19.4. The number of hydrogen-bond donors (Lipinski definition) is 2. The molecule has 160 valence electrons. The predicted molar refractivity (Wildman–Crippen MR) is 116 cm³/mol. The maximum Gasteiger partial charge on any atom is 0.337 e. The molecular weight excluding hydrogens is 405 g/mol. The first-order chi connectivity index (χ1) is 14.3. The topological polar surface area (TPSA) is 84.1 Å². The fourth-order valence-electron chi connectivity index (χ4n) is 3.38. The summed E-state index contributed by atoms with van der Waals surface area (Å²) in [4.78, 5) is 33.3. The molecule has 3 rings (SSSR count). The Hall–Kier alpha value is -2.61. The Labute approximate surface area is 179 Å². The predicted octanol–water partition coefficient (Wildman–Crippen LogP) is 4.58. The number of aromatic nitrogens is 2. The third-order valence-corrected chi connectivity index (χ3v) is 5.66. The summed E-state index contributed by atoms with van der Waals surface area (Å²) in [6, 6.07) is 5.91. The van der Waals surface area contributed by atoms with E-state index in [1.54, 1.807) is 32.9 Å². The van der Waals surface area contributed by atoms with E-state index in [0.717, 1.165) is 18.6 Å². The molecule has 2 N–H and O–H groups in total. The number of ether oxygens (including phenoxy) is 1. The van der Waals surface area contributed by atoms with Crippen LogP contribution in [0.2, 0.25) is 0 Å². The van der Waals surface area contributed by atoms with Gasteiger partial charge in [0.05, 0.1) is 23.2 Å². The molecule has 0 spiro atoms. The summed E-state index contributed by atoms with van der Waals surface area (Å²) in [6.45, 7) is 7.34. The number of benzene rings is 1. The Balaban J connectivity index is 2.14. The molecule has 0 amide bonds. The molecule has 8 heteroatoms. The van der Waals surface area contributed by atoms with Crippen LogP contribution in [0.5, 0.6) is 0 Å². The minimum atomic E-state index is -0.783. The van der Waals surface area contributed by atoms with Crippen molar-refractivity contribution in [1.29, 1.82) is 0 Å². The molecule has 0 saturated heterocycles. The molecule has 1 aromatic heterocycles. The molecule has 0 aliphatic carbocycles. The Morgan fingerprint density at radius 2 is 2.13 bits per heavy atom. The smallest absolute Gasteiger partial charge is 0.337 e. The number of esters is 1. The lowest BCUT2D eigenvalue weighted by Gasteiger charge is -2.29. The van der Waals surface area contributed by atoms with E-state index < -0.39 is 17.7 Å². The summed E-state index contributed by atoms with van der Waals surface area (Å²) in [5.74, 6) is -0.555. The number of rotatable bonds is 7. The normalized spacial score (nSPS) is 15.7. The van der Waals surface area contributed by atoms with Crippen molar-refractivity contribution in [2.24, 2.45) is 0 Å². The van der Waals surface area contributed by atoms with Crippen molar-refractivity contribution >= 4 is 23.5 Å². The van der Waals surface area contributed by atoms with Crippen molar-refractivity contribution < 1.29 is 13.9 Å². The quantitative estimate of drug-likeness (QED) is 0.289. The van der Waals surface area contributed by atoms with E-state index in [4.69, 9.17) is 4.74 Å². The Morgan fingerprint density at radius 3 is 2.80 bits per heavy atom. The molecular formula is C22H26FN3O3S. The van der Waals surface area contributed by atoms with Gasteiger partial charge in [0, 0.05) is 11.4 Å². The number of hydrogen-bond acceptors (Lipinski definition) is 6. The van der Waals surface area contributed by atoms with Crippen molar-refractivity contribution in [2.75, 3.05) is 11.1 Å². The Morgan fingerprint density at radius 1 is 1.37 bits per heavy atom. The molecule has 0 bridgehead atoms. The number of allylic oxidation sites excluding steroid dienone is 1. The highest BCUT2D eigenvalue weighted by molar-refractivity contribution is 7.99. The zero-order valence-corrected chi connectivity index (χ0v) is 18.4. The summed E-state index contributed by atoms with van der Waals surface area (Å²) in [5.41, 5.74) is 1.22. The number of anilines is 1. The van der Waals surface area contributed by atoms with Crippen molar-refractivity contribution in [3.63, 3.8) is 0 Å². The zero-order valence-electron chi connectivity index (χ0n) is 17.5. The summed E-state index contributed by atoms with van der Waals surface area (Å²) >= 11 is 1.47. The summed E-state index contributed by atoms with van der Waals surface area (Å²) in [6.07, 6.45) is 1.72. The number of unbranched alkanes of at least 4 members (excludes halogenated alkanes) is 1. The highest BCUT2D eigenvalue weighted by Gasteiger charge is 2.36. The number of halogens is 1. The fraction of sp³-hybridized carbons (Fsp3) is 0.409. The van der Waals surface area contributed by atoms with Crippen LogP contribution in [0.25, 0.3) is 0 Å². The average Bonchev–Trinajstić information content (AvgIpc) is 2.66. The van der Waals surface area contributed by atoms with Gasteiger partial charge in [0.1, 0.15) is 11.6 Å². The number of carbonyl (C=O) groups is 1. The van der Waals surface area contributed by atoms with Gasteiger partial charge in [-0.3, -0.25) is 4.79 Å². The van der Waals surface area contributed by atoms with Gasteiger partial charge in [-0.25, -0.2) is 14.2 Å². The van der Waals surface area contributed by atoms with Crippen molar-refractivity contribution in [3.05, 3.63) is 62.8 Å². The average molecular weight is 432 g/mol. The SMILES string of the molecule is CCCCSc1nc2c(c(=O)[nH]1)C(c1cccc(F)c1)C(C(=O)OC(C)C)=C(C)N2. The van der Waals surface area contributed by atoms with Crippen LogP contribution in [0.3, 0.4) is 0 Å². The number of aromatic amines is 1. The van der Waals surface area contributed by atoms with Crippen LogP contribution >= 0.6 is 11.8 Å². The zero-order chi connectivity index (χ0) is 21.8. The van der Waals surface area contributed by atoms with Gasteiger partial charge in [0.2, 0.25) is 0 Å². The number of nitrogens with one attached hydrogen (secondary N) is 2. The van der Waals surface area contributed by atoms with E-state index >= 15 is 0 Å². The molecule has 6 nitrogen and oxygen atoms in total. The first-order valence-electron chi connectivity index (χ1n) is 10.0. The summed E-state index contributed by atoms with van der Waals surface area (Å²) in [5, 5.41) is 3.60. The fourth-order valence-corrected chi connectivity index (χ4v) is 4.33. The monoisotopic (exact) mass is 431 g/mol. The molecule has 1 unspecified atom stereocenters. The number of nitrogens with zero attached hydrogens (tertiary/aromatic N) is 1. The van der Waals surface area contributed by atoms with Crippen LogP contribution in [-0.2, 0) is 9.53 Å². The molecule has 0 fully saturated rings. The number of carbonyl (C=O) groups excluding carboxylic acids is 1. The maximum absolute atomic E-state index is 14.0. The Kier molecular flexibility index (Phi) is 6.97. The van der Waals surface area contributed by atoms with Crippen molar-refractivity contribution in [1.82, 2.24) is 9.97 Å². The van der Waals surface area contributed by atoms with Gasteiger partial charge in [0.25, 0.3) is 5.56 Å². The van der Waals surface area contributed by atoms with Gasteiger partial charge in [-0.1, -0.05) is 37.2 Å². The standard InChI is InChI=1S/C22H26FN3O3S/c1-5-6-10-30-22-25-19-18(20(27)26-22)17(14-8-7-9-15(23)11-14)16(13(4)24-19)21(28)29-12(2)3/h7-9,11-12,17H,5-6,10H2,1-4H3,(H2,24,25,26,27). The van der Waals surface area contributed by atoms with Crippen molar-refractivity contribution in [3.8, 4) is 0 Å². The molecule has 0 saturated carbocycles. The van der Waals surface area contributed by atoms with E-state index in [1.165, 1.54) is 23.9 Å². The van der Waals surface area contributed by atoms with Gasteiger partial charge in [-0.2, -0.15) is 0 Å². The number of fused-ring (bicyclic) bond motifs is 1. The lowest BCUT2D eigenvalue weighted by Crippen LogP contribution is -2.32. The van der Waals surface area contributed by atoms with Gasteiger partial charge >= 0.3 is 5.97 Å². The largest absolute Gasteiger partial charge is 0.460 e. The second-order valence-corrected chi connectivity index (χ2v) is 8.52. The first kappa shape index (κ1) is 22.1. The third kappa shape index (κ3) is 4.75. The van der Waals surface area contributed by atoms with Gasteiger partial charge in [0.15, 0.2) is 5.16 Å². The van der Waals surface area contributed by atoms with Crippen LogP contribution in [0, 0.1) is 5.82 Å². The van der Waals surface area contributed by atoms with E-state index in [2.05, 4.69) is 22.2 Å². The van der Waals surface area contributed by atoms with Gasteiger partial charge in [-0.05, 0) is 44.9 Å². The molecule has 1 aromatic carbocycles. The number of H-pyrrole nitrogens is 1. The molecule has 1 atom stereocenters. The lowest BCUT2D eigenvalue weighted by molar-refractivity contribution is -0.143. The molecule has 1 aliphatic rings. The van der Waals surface area contributed by atoms with E-state index in [1.807, 2.05) is 0 Å². The molecule has 2 heterocycles. The highest BCUT2D eigenvalue weighted by atomic mass is 32.2. The minimum absolute atomic E-state index is 0.278. The molecule has 1 aliphatic heterocycles. The van der Waals surface area contributed by atoms with E-state index in [0.29, 0.717) is 22.2 Å². The second kappa shape index (κ2) is 9.47. The molecule has 30 heavy (non-hydrogen) atoms. The van der Waals surface area contributed by atoms with E-state index in [-0.39, 0.29) is 22.8 Å². The number of thioether (sulfide) groups is 1. The van der Waals surface area contributed by atoms with Gasteiger partial charge in [-0.15, -0.1) is 0 Å².